The molecule has 0 bridgehead atoms. The maximum atomic E-state index is 15.4. The highest BCUT2D eigenvalue weighted by Crippen LogP contribution is 2.51. The highest BCUT2D eigenvalue weighted by atomic mass is 32.1. The Morgan fingerprint density at radius 1 is 0.559 bits per heavy atom. The molecule has 2 aliphatic rings. The number of thiophene rings is 3. The van der Waals surface area contributed by atoms with Gasteiger partial charge in [-0.1, -0.05) is 130 Å². The van der Waals surface area contributed by atoms with Crippen LogP contribution in [0.5, 0.6) is 0 Å². The number of carbonyl (C=O) groups is 2. The molecule has 7 rings (SSSR count). The Morgan fingerprint density at radius 3 is 1.80 bits per heavy atom. The summed E-state index contributed by atoms with van der Waals surface area (Å²) < 4.78 is 2.45. The molecular weight excluding hydrogens is 801 g/mol. The molecule has 2 amide bonds. The molecule has 2 unspecified atom stereocenters. The zero-order chi connectivity index (χ0) is 41.5. The van der Waals surface area contributed by atoms with Crippen LogP contribution in [0.2, 0.25) is 0 Å². The molecule has 0 N–H and O–H groups in total. The number of amides is 2. The quantitative estimate of drug-likeness (QED) is 0.0580. The van der Waals surface area contributed by atoms with Gasteiger partial charge in [0.15, 0.2) is 0 Å². The Hall–Kier alpha value is -3.22. The molecule has 2 aliphatic heterocycles. The van der Waals surface area contributed by atoms with E-state index in [1.54, 1.807) is 45.3 Å². The first-order chi connectivity index (χ1) is 28.8. The van der Waals surface area contributed by atoms with E-state index in [4.69, 9.17) is 0 Å². The summed E-state index contributed by atoms with van der Waals surface area (Å²) in [6.45, 7) is 14.8. The average Bonchev–Trinajstić information content (AvgIpc) is 4.09. The Labute approximate surface area is 370 Å². The fraction of sp³-hybridized carbons (Fsp3) is 0.529. The third-order valence-corrected chi connectivity index (χ3v) is 16.9. The van der Waals surface area contributed by atoms with E-state index in [0.29, 0.717) is 42.0 Å². The minimum atomic E-state index is 0.0151. The number of rotatable bonds is 24. The van der Waals surface area contributed by atoms with Crippen molar-refractivity contribution in [1.29, 1.82) is 0 Å². The highest BCUT2D eigenvalue weighted by Gasteiger charge is 2.50. The second kappa shape index (κ2) is 20.6. The highest BCUT2D eigenvalue weighted by molar-refractivity contribution is 7.26. The van der Waals surface area contributed by atoms with Crippen LogP contribution in [0.1, 0.15) is 165 Å². The molecule has 0 saturated heterocycles. The molecule has 59 heavy (non-hydrogen) atoms. The summed E-state index contributed by atoms with van der Waals surface area (Å²) in [5, 5.41) is 5.51. The van der Waals surface area contributed by atoms with Crippen LogP contribution in [-0.4, -0.2) is 34.7 Å². The molecule has 6 heterocycles. The SMILES string of the molecule is CCCCCCCCC(CCCCC)CN1C(=O)C2=C(c3ccc(-c4cc5cc6sc#cc6cc5s4)s3)N(CC(CCC)CCCC)C(=O)C2=C1c1ccc(C(C)C)s1. The zero-order valence-corrected chi connectivity index (χ0v) is 39.6. The lowest BCUT2D eigenvalue weighted by Crippen LogP contribution is -2.34. The standard InChI is InChI=1S/C51H64N2O2S4/c1-7-11-14-15-16-18-22-36(21-17-12-8-2)33-53-48(41-25-23-39(57-41)34(5)6)46-47(51(53)55)49(52(50(46)54)32-35(19-10-4)20-13-9-3)42-26-24-40(58-42)45-31-38-30-43-37(27-28-56-43)29-44(38)59-45/h23-26,29-31,34-36H,7-22,32-33H2,1-6H3. The van der Waals surface area contributed by atoms with Crippen LogP contribution in [0.4, 0.5) is 0 Å². The van der Waals surface area contributed by atoms with E-state index in [2.05, 4.69) is 100 Å². The molecule has 2 atom stereocenters. The van der Waals surface area contributed by atoms with Crippen molar-refractivity contribution in [3.63, 3.8) is 0 Å². The van der Waals surface area contributed by atoms with Gasteiger partial charge < -0.3 is 9.80 Å². The molecule has 0 radical (unpaired) electrons. The molecule has 314 valence electrons. The van der Waals surface area contributed by atoms with Gasteiger partial charge >= 0.3 is 0 Å². The van der Waals surface area contributed by atoms with Gasteiger partial charge in [-0.25, -0.2) is 0 Å². The lowest BCUT2D eigenvalue weighted by atomic mass is 9.93. The van der Waals surface area contributed by atoms with Gasteiger partial charge in [0.2, 0.25) is 0 Å². The Balaban J connectivity index is 1.31. The summed E-state index contributed by atoms with van der Waals surface area (Å²) in [7, 11) is 0. The summed E-state index contributed by atoms with van der Waals surface area (Å²) >= 11 is 6.91. The lowest BCUT2D eigenvalue weighted by molar-refractivity contribution is -0.124. The van der Waals surface area contributed by atoms with Crippen LogP contribution >= 0.6 is 45.3 Å². The Kier molecular flexibility index (Phi) is 15.3. The van der Waals surface area contributed by atoms with E-state index < -0.39 is 0 Å². The molecule has 8 heteroatoms. The van der Waals surface area contributed by atoms with Crippen molar-refractivity contribution in [3.8, 4) is 9.75 Å². The number of benzene rings is 1. The van der Waals surface area contributed by atoms with E-state index in [1.165, 1.54) is 87.2 Å². The largest absolute Gasteiger partial charge is 0.306 e. The number of fused-ring (bicyclic) bond motifs is 3. The van der Waals surface area contributed by atoms with Gasteiger partial charge in [-0.2, -0.15) is 0 Å². The van der Waals surface area contributed by atoms with Crippen molar-refractivity contribution in [2.24, 2.45) is 11.8 Å². The van der Waals surface area contributed by atoms with E-state index >= 15 is 9.59 Å². The molecule has 4 nitrogen and oxygen atoms in total. The first-order valence-electron chi connectivity index (χ1n) is 22.8. The molecule has 5 aromatic rings. The first kappa shape index (κ1) is 43.9. The van der Waals surface area contributed by atoms with Gasteiger partial charge in [0.1, 0.15) is 0 Å². The monoisotopic (exact) mass is 864 g/mol. The molecule has 0 saturated carbocycles. The van der Waals surface area contributed by atoms with Crippen molar-refractivity contribution in [3.05, 3.63) is 79.7 Å². The van der Waals surface area contributed by atoms with E-state index in [-0.39, 0.29) is 11.8 Å². The number of carbonyl (C=O) groups excluding carboxylic acids is 2. The second-order valence-electron chi connectivity index (χ2n) is 17.3. The predicted molar refractivity (Wildman–Crippen MR) is 257 cm³/mol. The van der Waals surface area contributed by atoms with E-state index in [0.717, 1.165) is 71.5 Å². The summed E-state index contributed by atoms with van der Waals surface area (Å²) in [5.41, 5.74) is 2.99. The van der Waals surface area contributed by atoms with Crippen LogP contribution in [0.3, 0.4) is 0 Å². The van der Waals surface area contributed by atoms with E-state index in [1.807, 2.05) is 4.90 Å². The Morgan fingerprint density at radius 2 is 1.14 bits per heavy atom. The van der Waals surface area contributed by atoms with Crippen LogP contribution in [0.25, 0.3) is 41.3 Å². The number of hydrogen-bond donors (Lipinski definition) is 0. The normalized spacial score (nSPS) is 15.6. The van der Waals surface area contributed by atoms with Crippen LogP contribution in [0, 0.1) is 23.3 Å². The van der Waals surface area contributed by atoms with Crippen molar-refractivity contribution in [2.75, 3.05) is 13.1 Å². The maximum absolute atomic E-state index is 15.4. The maximum Gasteiger partial charge on any atom is 0.261 e. The number of hydrogen-bond acceptors (Lipinski definition) is 6. The van der Waals surface area contributed by atoms with Gasteiger partial charge in [-0.15, -0.1) is 34.0 Å². The third-order valence-electron chi connectivity index (χ3n) is 12.4. The fourth-order valence-corrected chi connectivity index (χ4v) is 13.1. The Bertz CT molecular complexity index is 2210. The van der Waals surface area contributed by atoms with Crippen LogP contribution < -0.4 is 0 Å². The van der Waals surface area contributed by atoms with Gasteiger partial charge in [-0.05, 0) is 103 Å². The molecular formula is C51H64N2O2S4. The predicted octanol–water partition coefficient (Wildman–Crippen LogP) is 16.0. The van der Waals surface area contributed by atoms with Crippen molar-refractivity contribution >= 4 is 88.7 Å². The number of nitrogens with zero attached hydrogens (tertiary/aromatic N) is 2. The average molecular weight is 865 g/mol. The topological polar surface area (TPSA) is 40.6 Å². The fourth-order valence-electron chi connectivity index (χ4n) is 9.12. The third kappa shape index (κ3) is 9.80. The van der Waals surface area contributed by atoms with Gasteiger partial charge in [0.05, 0.1) is 37.0 Å². The molecule has 4 aromatic heterocycles. The minimum absolute atomic E-state index is 0.0151. The van der Waals surface area contributed by atoms with Crippen molar-refractivity contribution in [1.82, 2.24) is 9.80 Å². The van der Waals surface area contributed by atoms with Crippen molar-refractivity contribution < 1.29 is 9.59 Å². The molecule has 0 aliphatic carbocycles. The minimum Gasteiger partial charge on any atom is -0.306 e. The first-order valence-corrected chi connectivity index (χ1v) is 26.1. The summed E-state index contributed by atoms with van der Waals surface area (Å²) in [6, 6.07) is 18.8. The summed E-state index contributed by atoms with van der Waals surface area (Å²) in [6.07, 6.45) is 19.0. The van der Waals surface area contributed by atoms with Gasteiger partial charge in [0.25, 0.3) is 11.8 Å². The summed E-state index contributed by atoms with van der Waals surface area (Å²) in [4.78, 5) is 40.6. The van der Waals surface area contributed by atoms with E-state index in [9.17, 15) is 0 Å². The molecule has 0 spiro atoms. The second-order valence-corrected chi connectivity index (χ2v) is 21.5. The number of unbranched alkanes of at least 4 members (excludes halogenated alkanes) is 8. The smallest absolute Gasteiger partial charge is 0.261 e. The molecule has 0 fully saturated rings. The van der Waals surface area contributed by atoms with Crippen molar-refractivity contribution in [2.45, 2.75) is 150 Å². The van der Waals surface area contributed by atoms with Gasteiger partial charge in [0, 0.05) is 37.8 Å². The van der Waals surface area contributed by atoms with Crippen LogP contribution in [-0.2, 0) is 9.59 Å². The van der Waals surface area contributed by atoms with Crippen LogP contribution in [0.15, 0.2) is 53.6 Å². The zero-order valence-electron chi connectivity index (χ0n) is 36.3. The van der Waals surface area contributed by atoms with Gasteiger partial charge in [-0.3, -0.25) is 9.59 Å². The lowest BCUT2D eigenvalue weighted by Gasteiger charge is -2.29. The molecule has 1 aromatic carbocycles. The summed E-state index contributed by atoms with van der Waals surface area (Å²) in [5.74, 6) is 1.20.